The Morgan fingerprint density at radius 3 is 2.33 bits per heavy atom. The van der Waals surface area contributed by atoms with E-state index in [-0.39, 0.29) is 23.5 Å². The van der Waals surface area contributed by atoms with Crippen molar-refractivity contribution in [2.24, 2.45) is 5.92 Å². The highest BCUT2D eigenvalue weighted by Gasteiger charge is 2.26. The van der Waals surface area contributed by atoms with Gasteiger partial charge in [0, 0.05) is 17.0 Å². The fourth-order valence-electron chi connectivity index (χ4n) is 3.63. The number of rotatable bonds is 4. The maximum Gasteiger partial charge on any atom is 0.293 e. The van der Waals surface area contributed by atoms with Crippen molar-refractivity contribution in [3.63, 3.8) is 0 Å². The number of anilines is 2. The highest BCUT2D eigenvalue weighted by Crippen LogP contribution is 2.33. The largest absolute Gasteiger partial charge is 0.449 e. The van der Waals surface area contributed by atoms with Crippen molar-refractivity contribution >= 4 is 34.2 Å². The first-order chi connectivity index (χ1) is 13.2. The number of fused-ring (bicyclic) bond motifs is 1. The van der Waals surface area contributed by atoms with Crippen LogP contribution >= 0.6 is 0 Å². The number of hydrogen-bond donors (Lipinski definition) is 2. The topological polar surface area (TPSA) is 71.3 Å². The molecule has 1 fully saturated rings. The maximum absolute atomic E-state index is 12.8. The van der Waals surface area contributed by atoms with E-state index in [0.717, 1.165) is 31.1 Å². The van der Waals surface area contributed by atoms with Crippen LogP contribution in [0, 0.1) is 5.92 Å². The molecule has 27 heavy (non-hydrogen) atoms. The van der Waals surface area contributed by atoms with Crippen LogP contribution in [0.15, 0.2) is 59.0 Å². The van der Waals surface area contributed by atoms with E-state index in [4.69, 9.17) is 4.42 Å². The molecule has 0 atom stereocenters. The van der Waals surface area contributed by atoms with E-state index >= 15 is 0 Å². The van der Waals surface area contributed by atoms with E-state index in [2.05, 4.69) is 10.6 Å². The maximum atomic E-state index is 12.8. The summed E-state index contributed by atoms with van der Waals surface area (Å²) in [6, 6.07) is 16.6. The van der Waals surface area contributed by atoms with Crippen LogP contribution < -0.4 is 10.6 Å². The second kappa shape index (κ2) is 7.66. The zero-order valence-corrected chi connectivity index (χ0v) is 15.0. The molecule has 2 amide bonds. The van der Waals surface area contributed by atoms with Crippen LogP contribution in [-0.4, -0.2) is 11.8 Å². The summed E-state index contributed by atoms with van der Waals surface area (Å²) in [7, 11) is 0. The number of benzene rings is 2. The summed E-state index contributed by atoms with van der Waals surface area (Å²) in [6.07, 6.45) is 5.13. The fourth-order valence-corrected chi connectivity index (χ4v) is 3.63. The van der Waals surface area contributed by atoms with Crippen LogP contribution in [0.2, 0.25) is 0 Å². The van der Waals surface area contributed by atoms with Crippen molar-refractivity contribution in [2.75, 3.05) is 10.6 Å². The van der Waals surface area contributed by atoms with Crippen LogP contribution in [0.1, 0.15) is 42.7 Å². The number of hydrogen-bond acceptors (Lipinski definition) is 3. The number of amides is 2. The lowest BCUT2D eigenvalue weighted by molar-refractivity contribution is -0.120. The first kappa shape index (κ1) is 17.3. The van der Waals surface area contributed by atoms with Crippen LogP contribution in [-0.2, 0) is 4.79 Å². The minimum atomic E-state index is -0.378. The Hall–Kier alpha value is -3.08. The number of nitrogens with one attached hydrogen (secondary N) is 2. The van der Waals surface area contributed by atoms with Crippen molar-refractivity contribution < 1.29 is 14.0 Å². The molecule has 3 aromatic rings. The minimum Gasteiger partial charge on any atom is -0.449 e. The monoisotopic (exact) mass is 362 g/mol. The molecule has 0 radical (unpaired) electrons. The summed E-state index contributed by atoms with van der Waals surface area (Å²) in [6.45, 7) is 0. The second-order valence-corrected chi connectivity index (χ2v) is 6.95. The Balaban J connectivity index is 1.64. The summed E-state index contributed by atoms with van der Waals surface area (Å²) in [4.78, 5) is 25.6. The lowest BCUT2D eigenvalue weighted by Crippen LogP contribution is -2.25. The molecule has 138 valence electrons. The normalized spacial score (nSPS) is 14.8. The fraction of sp³-hybridized carbons (Fsp3) is 0.273. The molecule has 0 saturated heterocycles. The Bertz CT molecular complexity index is 956. The summed E-state index contributed by atoms with van der Waals surface area (Å²) in [5.41, 5.74) is 1.71. The van der Waals surface area contributed by atoms with Gasteiger partial charge in [0.05, 0.1) is 0 Å². The van der Waals surface area contributed by atoms with Gasteiger partial charge in [-0.3, -0.25) is 9.59 Å². The molecule has 1 heterocycles. The van der Waals surface area contributed by atoms with Gasteiger partial charge in [0.15, 0.2) is 0 Å². The molecule has 1 aromatic heterocycles. The van der Waals surface area contributed by atoms with Crippen LogP contribution in [0.5, 0.6) is 0 Å². The smallest absolute Gasteiger partial charge is 0.293 e. The lowest BCUT2D eigenvalue weighted by atomic mass is 9.88. The van der Waals surface area contributed by atoms with Crippen molar-refractivity contribution in [1.29, 1.82) is 0 Å². The standard InChI is InChI=1S/C22H22N2O3/c25-21(15-9-3-1-4-10-15)24-19-17-13-7-8-14-18(17)27-20(19)22(26)23-16-11-5-2-6-12-16/h2,5-8,11-15H,1,3-4,9-10H2,(H,23,26)(H,24,25). The molecule has 1 aliphatic carbocycles. The van der Waals surface area contributed by atoms with Gasteiger partial charge in [0.25, 0.3) is 5.91 Å². The van der Waals surface area contributed by atoms with Gasteiger partial charge in [-0.1, -0.05) is 49.6 Å². The number of carbonyl (C=O) groups is 2. The van der Waals surface area contributed by atoms with E-state index in [1.165, 1.54) is 6.42 Å². The van der Waals surface area contributed by atoms with Crippen molar-refractivity contribution in [1.82, 2.24) is 0 Å². The van der Waals surface area contributed by atoms with Gasteiger partial charge in [-0.15, -0.1) is 0 Å². The van der Waals surface area contributed by atoms with Crippen LogP contribution in [0.3, 0.4) is 0 Å². The van der Waals surface area contributed by atoms with E-state index in [1.807, 2.05) is 36.4 Å². The highest BCUT2D eigenvalue weighted by atomic mass is 16.3. The molecular weight excluding hydrogens is 340 g/mol. The third-order valence-corrected chi connectivity index (χ3v) is 5.06. The Morgan fingerprint density at radius 1 is 0.852 bits per heavy atom. The predicted octanol–water partition coefficient (Wildman–Crippen LogP) is 5.20. The first-order valence-electron chi connectivity index (χ1n) is 9.41. The Labute approximate surface area is 157 Å². The van der Waals surface area contributed by atoms with Gasteiger partial charge in [-0.25, -0.2) is 0 Å². The van der Waals surface area contributed by atoms with Gasteiger partial charge < -0.3 is 15.1 Å². The van der Waals surface area contributed by atoms with E-state index in [1.54, 1.807) is 18.2 Å². The zero-order chi connectivity index (χ0) is 18.6. The molecule has 5 nitrogen and oxygen atoms in total. The van der Waals surface area contributed by atoms with E-state index in [0.29, 0.717) is 17.0 Å². The Morgan fingerprint density at radius 2 is 1.56 bits per heavy atom. The minimum absolute atomic E-state index is 0.00236. The first-order valence-corrected chi connectivity index (χ1v) is 9.41. The van der Waals surface area contributed by atoms with Crippen molar-refractivity contribution in [2.45, 2.75) is 32.1 Å². The van der Waals surface area contributed by atoms with E-state index < -0.39 is 0 Å². The molecular formula is C22H22N2O3. The quantitative estimate of drug-likeness (QED) is 0.670. The third kappa shape index (κ3) is 3.72. The summed E-state index contributed by atoms with van der Waals surface area (Å²) < 4.78 is 5.79. The molecule has 0 unspecified atom stereocenters. The van der Waals surface area contributed by atoms with Gasteiger partial charge in [0.1, 0.15) is 11.3 Å². The molecule has 2 aromatic carbocycles. The zero-order valence-electron chi connectivity index (χ0n) is 15.0. The van der Waals surface area contributed by atoms with Crippen molar-refractivity contribution in [3.05, 3.63) is 60.4 Å². The van der Waals surface area contributed by atoms with Gasteiger partial charge in [0.2, 0.25) is 11.7 Å². The number of carbonyl (C=O) groups excluding carboxylic acids is 2. The van der Waals surface area contributed by atoms with Crippen LogP contribution in [0.4, 0.5) is 11.4 Å². The second-order valence-electron chi connectivity index (χ2n) is 6.95. The number of para-hydroxylation sites is 2. The van der Waals surface area contributed by atoms with Crippen molar-refractivity contribution in [3.8, 4) is 0 Å². The summed E-state index contributed by atoms with van der Waals surface area (Å²) >= 11 is 0. The Kier molecular flexibility index (Phi) is 4.92. The SMILES string of the molecule is O=C(Nc1ccccc1)c1oc2ccccc2c1NC(=O)C1CCCCC1. The van der Waals surface area contributed by atoms with Crippen LogP contribution in [0.25, 0.3) is 11.0 Å². The summed E-state index contributed by atoms with van der Waals surface area (Å²) in [5, 5.41) is 6.54. The predicted molar refractivity (Wildman–Crippen MR) is 106 cm³/mol. The average molecular weight is 362 g/mol. The van der Waals surface area contributed by atoms with Gasteiger partial charge in [-0.2, -0.15) is 0 Å². The molecule has 1 saturated carbocycles. The van der Waals surface area contributed by atoms with E-state index in [9.17, 15) is 9.59 Å². The lowest BCUT2D eigenvalue weighted by Gasteiger charge is -2.20. The van der Waals surface area contributed by atoms with Gasteiger partial charge >= 0.3 is 0 Å². The average Bonchev–Trinajstić information content (AvgIpc) is 3.08. The van der Waals surface area contributed by atoms with Gasteiger partial charge in [-0.05, 0) is 37.1 Å². The highest BCUT2D eigenvalue weighted by molar-refractivity contribution is 6.14. The summed E-state index contributed by atoms with van der Waals surface area (Å²) in [5.74, 6) is -0.284. The number of furan rings is 1. The molecule has 0 bridgehead atoms. The molecule has 4 rings (SSSR count). The molecule has 2 N–H and O–H groups in total. The molecule has 5 heteroatoms. The molecule has 0 spiro atoms. The molecule has 0 aliphatic heterocycles. The third-order valence-electron chi connectivity index (χ3n) is 5.06. The molecule has 1 aliphatic rings.